The van der Waals surface area contributed by atoms with Crippen LogP contribution in [0.15, 0.2) is 54.6 Å². The Balaban J connectivity index is 1.41. The van der Waals surface area contributed by atoms with Gasteiger partial charge in [-0.25, -0.2) is 4.79 Å². The van der Waals surface area contributed by atoms with Crippen LogP contribution in [0.25, 0.3) is 0 Å². The van der Waals surface area contributed by atoms with Gasteiger partial charge in [-0.05, 0) is 23.8 Å². The standard InChI is InChI=1S/C20H20N2O3/c23-19(18-14-15-6-4-5-9-17(15)20(24)25-18)22-12-10-21(11-13-22)16-7-2-1-3-8-16/h1-9,18H,10-14H2. The summed E-state index contributed by atoms with van der Waals surface area (Å²) in [5.74, 6) is -0.487. The van der Waals surface area contributed by atoms with Gasteiger partial charge in [0.1, 0.15) is 0 Å². The van der Waals surface area contributed by atoms with Crippen LogP contribution >= 0.6 is 0 Å². The van der Waals surface area contributed by atoms with E-state index in [9.17, 15) is 9.59 Å². The fraction of sp³-hybridized carbons (Fsp3) is 0.300. The van der Waals surface area contributed by atoms with Gasteiger partial charge in [0.2, 0.25) is 0 Å². The number of cyclic esters (lactones) is 1. The highest BCUT2D eigenvalue weighted by Crippen LogP contribution is 2.23. The van der Waals surface area contributed by atoms with Gasteiger partial charge >= 0.3 is 5.97 Å². The summed E-state index contributed by atoms with van der Waals surface area (Å²) < 4.78 is 5.40. The summed E-state index contributed by atoms with van der Waals surface area (Å²) in [6.07, 6.45) is -0.245. The highest BCUT2D eigenvalue weighted by atomic mass is 16.5. The van der Waals surface area contributed by atoms with Crippen LogP contribution in [0.2, 0.25) is 0 Å². The average molecular weight is 336 g/mol. The molecule has 2 aromatic carbocycles. The summed E-state index contributed by atoms with van der Waals surface area (Å²) in [6.45, 7) is 2.85. The van der Waals surface area contributed by atoms with Crippen molar-refractivity contribution in [3.05, 3.63) is 65.7 Å². The largest absolute Gasteiger partial charge is 0.448 e. The second-order valence-corrected chi connectivity index (χ2v) is 6.40. The summed E-state index contributed by atoms with van der Waals surface area (Å²) in [6, 6.07) is 17.5. The van der Waals surface area contributed by atoms with Gasteiger partial charge in [-0.1, -0.05) is 36.4 Å². The first-order valence-corrected chi connectivity index (χ1v) is 8.60. The highest BCUT2D eigenvalue weighted by molar-refractivity contribution is 5.95. The molecule has 1 saturated heterocycles. The first-order valence-electron chi connectivity index (χ1n) is 8.60. The van der Waals surface area contributed by atoms with E-state index in [1.807, 2.05) is 41.3 Å². The van der Waals surface area contributed by atoms with E-state index in [0.717, 1.165) is 18.7 Å². The Hall–Kier alpha value is -2.82. The summed E-state index contributed by atoms with van der Waals surface area (Å²) >= 11 is 0. The Morgan fingerprint density at radius 2 is 1.60 bits per heavy atom. The van der Waals surface area contributed by atoms with Crippen molar-refractivity contribution in [3.8, 4) is 0 Å². The molecule has 2 aliphatic heterocycles. The summed E-state index contributed by atoms with van der Waals surface area (Å²) in [4.78, 5) is 29.0. The number of fused-ring (bicyclic) bond motifs is 1. The van der Waals surface area contributed by atoms with Crippen LogP contribution in [0.4, 0.5) is 5.69 Å². The van der Waals surface area contributed by atoms with E-state index < -0.39 is 12.1 Å². The number of ether oxygens (including phenoxy) is 1. The molecule has 5 nitrogen and oxygen atoms in total. The Labute approximate surface area is 146 Å². The lowest BCUT2D eigenvalue weighted by atomic mass is 9.98. The average Bonchev–Trinajstić information content (AvgIpc) is 2.68. The van der Waals surface area contributed by atoms with Gasteiger partial charge in [0, 0.05) is 38.3 Å². The van der Waals surface area contributed by atoms with E-state index in [1.165, 1.54) is 5.69 Å². The summed E-state index contributed by atoms with van der Waals surface area (Å²) in [5, 5.41) is 0. The third-order valence-corrected chi connectivity index (χ3v) is 4.88. The Bertz CT molecular complexity index is 783. The molecule has 1 unspecified atom stereocenters. The second-order valence-electron chi connectivity index (χ2n) is 6.40. The van der Waals surface area contributed by atoms with E-state index in [0.29, 0.717) is 25.1 Å². The third-order valence-electron chi connectivity index (χ3n) is 4.88. The molecule has 1 fully saturated rings. The van der Waals surface area contributed by atoms with E-state index in [1.54, 1.807) is 6.07 Å². The summed E-state index contributed by atoms with van der Waals surface area (Å²) in [5.41, 5.74) is 2.63. The molecule has 0 aliphatic carbocycles. The van der Waals surface area contributed by atoms with Crippen molar-refractivity contribution in [1.29, 1.82) is 0 Å². The van der Waals surface area contributed by atoms with E-state index in [2.05, 4.69) is 17.0 Å². The van der Waals surface area contributed by atoms with Crippen LogP contribution in [-0.2, 0) is 16.0 Å². The van der Waals surface area contributed by atoms with Crippen molar-refractivity contribution in [1.82, 2.24) is 4.90 Å². The monoisotopic (exact) mass is 336 g/mol. The molecule has 2 heterocycles. The van der Waals surface area contributed by atoms with E-state index in [4.69, 9.17) is 4.74 Å². The van der Waals surface area contributed by atoms with Gasteiger partial charge < -0.3 is 14.5 Å². The van der Waals surface area contributed by atoms with Gasteiger partial charge in [0.15, 0.2) is 6.10 Å². The second kappa shape index (κ2) is 6.59. The molecule has 5 heteroatoms. The molecule has 0 aromatic heterocycles. The van der Waals surface area contributed by atoms with Crippen LogP contribution in [0.3, 0.4) is 0 Å². The number of hydrogen-bond acceptors (Lipinski definition) is 4. The van der Waals surface area contributed by atoms with Crippen molar-refractivity contribution in [2.45, 2.75) is 12.5 Å². The molecular formula is C20H20N2O3. The SMILES string of the molecule is O=C1OC(C(=O)N2CCN(c3ccccc3)CC2)Cc2ccccc21. The van der Waals surface area contributed by atoms with Crippen LogP contribution in [0, 0.1) is 0 Å². The number of nitrogens with zero attached hydrogens (tertiary/aromatic N) is 2. The highest BCUT2D eigenvalue weighted by Gasteiger charge is 2.34. The maximum absolute atomic E-state index is 12.8. The van der Waals surface area contributed by atoms with Gasteiger partial charge in [0.05, 0.1) is 5.56 Å². The first-order chi connectivity index (χ1) is 12.2. The minimum atomic E-state index is -0.703. The zero-order chi connectivity index (χ0) is 17.2. The normalized spacial score (nSPS) is 20.0. The quantitative estimate of drug-likeness (QED) is 0.788. The number of benzene rings is 2. The van der Waals surface area contributed by atoms with Crippen molar-refractivity contribution in [2.75, 3.05) is 31.1 Å². The van der Waals surface area contributed by atoms with Crippen LogP contribution in [0.1, 0.15) is 15.9 Å². The predicted molar refractivity (Wildman–Crippen MR) is 94.6 cm³/mol. The molecule has 0 bridgehead atoms. The van der Waals surface area contributed by atoms with Crippen molar-refractivity contribution < 1.29 is 14.3 Å². The van der Waals surface area contributed by atoms with Gasteiger partial charge in [-0.2, -0.15) is 0 Å². The number of amides is 1. The molecule has 1 amide bonds. The molecule has 1 atom stereocenters. The van der Waals surface area contributed by atoms with Crippen LogP contribution in [0.5, 0.6) is 0 Å². The molecule has 0 N–H and O–H groups in total. The molecule has 2 aliphatic rings. The maximum Gasteiger partial charge on any atom is 0.339 e. The zero-order valence-corrected chi connectivity index (χ0v) is 13.9. The molecule has 0 radical (unpaired) electrons. The number of esters is 1. The minimum absolute atomic E-state index is 0.0874. The maximum atomic E-state index is 12.8. The van der Waals surface area contributed by atoms with Crippen molar-refractivity contribution in [3.63, 3.8) is 0 Å². The van der Waals surface area contributed by atoms with Crippen molar-refractivity contribution in [2.24, 2.45) is 0 Å². The smallest absolute Gasteiger partial charge is 0.339 e. The Kier molecular flexibility index (Phi) is 4.14. The van der Waals surface area contributed by atoms with E-state index in [-0.39, 0.29) is 5.91 Å². The fourth-order valence-electron chi connectivity index (χ4n) is 3.50. The lowest BCUT2D eigenvalue weighted by molar-refractivity contribution is -0.141. The number of hydrogen-bond donors (Lipinski definition) is 0. The number of carbonyl (C=O) groups excluding carboxylic acids is 2. The number of piperazine rings is 1. The number of rotatable bonds is 2. The van der Waals surface area contributed by atoms with Crippen LogP contribution < -0.4 is 4.90 Å². The number of para-hydroxylation sites is 1. The first kappa shape index (κ1) is 15.7. The molecule has 2 aromatic rings. The van der Waals surface area contributed by atoms with Gasteiger partial charge in [-0.15, -0.1) is 0 Å². The topological polar surface area (TPSA) is 49.9 Å². The zero-order valence-electron chi connectivity index (χ0n) is 13.9. The molecule has 0 saturated carbocycles. The number of carbonyl (C=O) groups is 2. The molecule has 128 valence electrons. The van der Waals surface area contributed by atoms with Crippen LogP contribution in [-0.4, -0.2) is 49.1 Å². The molecule has 4 rings (SSSR count). The predicted octanol–water partition coefficient (Wildman–Crippen LogP) is 2.12. The summed E-state index contributed by atoms with van der Waals surface area (Å²) in [7, 11) is 0. The molecule has 25 heavy (non-hydrogen) atoms. The van der Waals surface area contributed by atoms with Gasteiger partial charge in [-0.3, -0.25) is 4.79 Å². The molecule has 0 spiro atoms. The van der Waals surface area contributed by atoms with E-state index >= 15 is 0 Å². The number of anilines is 1. The molecular weight excluding hydrogens is 316 g/mol. The lowest BCUT2D eigenvalue weighted by Crippen LogP contribution is -2.53. The Morgan fingerprint density at radius 1 is 0.920 bits per heavy atom. The van der Waals surface area contributed by atoms with Gasteiger partial charge in [0.25, 0.3) is 5.91 Å². The minimum Gasteiger partial charge on any atom is -0.448 e. The lowest BCUT2D eigenvalue weighted by Gasteiger charge is -2.38. The fourth-order valence-corrected chi connectivity index (χ4v) is 3.50. The Morgan fingerprint density at radius 3 is 2.36 bits per heavy atom. The third kappa shape index (κ3) is 3.09. The van der Waals surface area contributed by atoms with Crippen molar-refractivity contribution >= 4 is 17.6 Å².